The molecule has 7 aromatic rings. The first-order valence-electron chi connectivity index (χ1n) is 19.2. The maximum absolute atomic E-state index is 11.4. The summed E-state index contributed by atoms with van der Waals surface area (Å²) in [5, 5.41) is 18.6. The van der Waals surface area contributed by atoms with Gasteiger partial charge in [0.15, 0.2) is 0 Å². The van der Waals surface area contributed by atoms with Crippen LogP contribution in [0, 0.1) is 11.3 Å². The van der Waals surface area contributed by atoms with Crippen molar-refractivity contribution < 1.29 is 9.90 Å². The molecule has 1 N–H and O–H groups in total. The van der Waals surface area contributed by atoms with Gasteiger partial charge in [-0.1, -0.05) is 126 Å². The van der Waals surface area contributed by atoms with E-state index in [1.165, 1.54) is 70.0 Å². The van der Waals surface area contributed by atoms with Crippen LogP contribution in [-0.4, -0.2) is 19.1 Å². The Morgan fingerprint density at radius 1 is 0.632 bits per heavy atom. The number of benzene rings is 5. The van der Waals surface area contributed by atoms with E-state index in [0.29, 0.717) is 0 Å². The maximum Gasteiger partial charge on any atom is 0.346 e. The average molecular weight is 795 g/mol. The first kappa shape index (κ1) is 36.8. The van der Waals surface area contributed by atoms with Gasteiger partial charge in [0.25, 0.3) is 0 Å². The molecule has 2 aliphatic carbocycles. The third kappa shape index (κ3) is 5.94. The molecule has 0 saturated heterocycles. The van der Waals surface area contributed by atoms with E-state index in [9.17, 15) is 15.2 Å². The quantitative estimate of drug-likeness (QED) is 0.0945. The standard InChI is InChI=1S/C50H42N2O2S2Si/c1-49(2)41-13-9-7-11-37(41)39-22-19-34(28-43(39)49)52(35-20-23-40-38-12-8-10-14-42(38)50(3,4)44(40)29-35)33-17-15-31(16-18-33)45-24-26-47(56-45)57(5,6)46-25-21-36(55-46)27-32(30-51)48(53)54/h7-29H,1-6H3,(H,53,54)/b32-27-. The van der Waals surface area contributed by atoms with Crippen LogP contribution in [0.1, 0.15) is 54.8 Å². The normalized spacial score (nSPS) is 14.6. The fraction of sp³-hybridized carbons (Fsp3) is 0.160. The van der Waals surface area contributed by atoms with Crippen molar-refractivity contribution in [3.8, 4) is 38.8 Å². The minimum atomic E-state index is -2.07. The van der Waals surface area contributed by atoms with Crippen LogP contribution < -0.4 is 13.9 Å². The Kier molecular flexibility index (Phi) is 8.67. The zero-order valence-electron chi connectivity index (χ0n) is 32.8. The van der Waals surface area contributed by atoms with Gasteiger partial charge in [0.2, 0.25) is 0 Å². The number of aliphatic carboxylic acids is 1. The Balaban J connectivity index is 1.09. The van der Waals surface area contributed by atoms with E-state index in [4.69, 9.17) is 0 Å². The molecule has 0 spiro atoms. The lowest BCUT2D eigenvalue weighted by Gasteiger charge is -2.30. The highest BCUT2D eigenvalue weighted by atomic mass is 32.1. The van der Waals surface area contributed by atoms with Gasteiger partial charge < -0.3 is 10.0 Å². The molecule has 5 aromatic carbocycles. The van der Waals surface area contributed by atoms with Crippen molar-refractivity contribution in [3.63, 3.8) is 0 Å². The Hall–Kier alpha value is -5.78. The van der Waals surface area contributed by atoms with E-state index in [0.717, 1.165) is 21.9 Å². The number of carboxylic acids is 1. The molecule has 0 atom stereocenters. The monoisotopic (exact) mass is 794 g/mol. The second-order valence-corrected chi connectivity index (χ2v) is 23.9. The number of thiophene rings is 2. The maximum atomic E-state index is 11.4. The molecule has 2 aromatic heterocycles. The zero-order chi connectivity index (χ0) is 39.9. The van der Waals surface area contributed by atoms with Crippen LogP contribution >= 0.6 is 22.7 Å². The molecule has 0 radical (unpaired) electrons. The van der Waals surface area contributed by atoms with Crippen LogP contribution in [0.15, 0.2) is 139 Å². The summed E-state index contributed by atoms with van der Waals surface area (Å²) in [6, 6.07) is 50.9. The fourth-order valence-corrected chi connectivity index (χ4v) is 15.2. The number of anilines is 3. The Morgan fingerprint density at radius 3 is 1.67 bits per heavy atom. The molecule has 0 aliphatic heterocycles. The molecule has 9 rings (SSSR count). The SMILES string of the molecule is CC1(C)c2ccccc2-c2ccc(N(c3ccc(-c4ccc([Si](C)(C)c5ccc(/C=C(/C#N)C(=O)O)s5)s4)cc3)c3ccc4c(c3)C(C)(C)c3ccccc3-4)cc21. The van der Waals surface area contributed by atoms with E-state index >= 15 is 0 Å². The smallest absolute Gasteiger partial charge is 0.346 e. The second kappa shape index (κ2) is 13.4. The molecule has 0 fully saturated rings. The van der Waals surface area contributed by atoms with Crippen molar-refractivity contribution in [2.24, 2.45) is 0 Å². The predicted molar refractivity (Wildman–Crippen MR) is 242 cm³/mol. The van der Waals surface area contributed by atoms with Crippen molar-refractivity contribution in [2.75, 3.05) is 4.90 Å². The van der Waals surface area contributed by atoms with Crippen molar-refractivity contribution >= 4 is 68.9 Å². The van der Waals surface area contributed by atoms with Crippen LogP contribution in [-0.2, 0) is 15.6 Å². The third-order valence-corrected chi connectivity index (χ3v) is 20.4. The zero-order valence-corrected chi connectivity index (χ0v) is 35.5. The second-order valence-electron chi connectivity index (χ2n) is 16.6. The van der Waals surface area contributed by atoms with E-state index < -0.39 is 14.0 Å². The summed E-state index contributed by atoms with van der Waals surface area (Å²) in [6.07, 6.45) is 1.47. The number of rotatable bonds is 8. The van der Waals surface area contributed by atoms with Crippen molar-refractivity contribution in [2.45, 2.75) is 51.6 Å². The summed E-state index contributed by atoms with van der Waals surface area (Å²) in [4.78, 5) is 15.8. The number of nitriles is 1. The third-order valence-electron chi connectivity index (χ3n) is 12.2. The fourth-order valence-electron chi connectivity index (χ4n) is 8.89. The Labute approximate surface area is 343 Å². The average Bonchev–Trinajstić information content (AvgIpc) is 3.99. The molecular weight excluding hydrogens is 753 g/mol. The van der Waals surface area contributed by atoms with Gasteiger partial charge in [-0.05, 0) is 114 Å². The van der Waals surface area contributed by atoms with Gasteiger partial charge in [0.1, 0.15) is 19.7 Å². The van der Waals surface area contributed by atoms with Gasteiger partial charge in [0, 0.05) is 37.6 Å². The highest BCUT2D eigenvalue weighted by molar-refractivity contribution is 7.37. The summed E-state index contributed by atoms with van der Waals surface area (Å²) >= 11 is 3.42. The lowest BCUT2D eigenvalue weighted by Crippen LogP contribution is -2.49. The number of carbonyl (C=O) groups is 1. The lowest BCUT2D eigenvalue weighted by molar-refractivity contribution is -0.132. The Bertz CT molecular complexity index is 2730. The van der Waals surface area contributed by atoms with Crippen LogP contribution in [0.3, 0.4) is 0 Å². The van der Waals surface area contributed by atoms with Crippen LogP contribution in [0.5, 0.6) is 0 Å². The summed E-state index contributed by atoms with van der Waals surface area (Å²) in [7, 11) is -2.07. The minimum Gasteiger partial charge on any atom is -0.477 e. The predicted octanol–water partition coefficient (Wildman–Crippen LogP) is 12.4. The molecule has 4 nitrogen and oxygen atoms in total. The molecule has 7 heteroatoms. The lowest BCUT2D eigenvalue weighted by atomic mass is 9.82. The van der Waals surface area contributed by atoms with E-state index in [1.54, 1.807) is 17.4 Å². The highest BCUT2D eigenvalue weighted by Crippen LogP contribution is 2.53. The molecule has 0 amide bonds. The summed E-state index contributed by atoms with van der Waals surface area (Å²) in [5.41, 5.74) is 14.7. The number of fused-ring (bicyclic) bond motifs is 6. The molecule has 0 unspecified atom stereocenters. The first-order valence-corrected chi connectivity index (χ1v) is 23.9. The minimum absolute atomic E-state index is 0.119. The first-order chi connectivity index (χ1) is 27.3. The number of hydrogen-bond donors (Lipinski definition) is 1. The number of carboxylic acid groups (broad SMARTS) is 1. The van der Waals surface area contributed by atoms with E-state index in [-0.39, 0.29) is 16.4 Å². The topological polar surface area (TPSA) is 64.3 Å². The molecular formula is C50H42N2O2S2Si. The molecule has 2 heterocycles. The van der Waals surface area contributed by atoms with Gasteiger partial charge >= 0.3 is 5.97 Å². The van der Waals surface area contributed by atoms with Crippen LogP contribution in [0.4, 0.5) is 17.1 Å². The van der Waals surface area contributed by atoms with Crippen molar-refractivity contribution in [1.82, 2.24) is 0 Å². The molecule has 2 aliphatic rings. The van der Waals surface area contributed by atoms with Gasteiger partial charge in [-0.2, -0.15) is 5.26 Å². The summed E-state index contributed by atoms with van der Waals surface area (Å²) in [6.45, 7) is 14.0. The van der Waals surface area contributed by atoms with Crippen molar-refractivity contribution in [1.29, 1.82) is 5.26 Å². The van der Waals surface area contributed by atoms with Crippen LogP contribution in [0.25, 0.3) is 38.8 Å². The van der Waals surface area contributed by atoms with Gasteiger partial charge in [-0.15, -0.1) is 22.7 Å². The van der Waals surface area contributed by atoms with Gasteiger partial charge in [-0.25, -0.2) is 4.79 Å². The summed E-state index contributed by atoms with van der Waals surface area (Å²) < 4.78 is 2.60. The van der Waals surface area contributed by atoms with Crippen LogP contribution in [0.2, 0.25) is 13.1 Å². The largest absolute Gasteiger partial charge is 0.477 e. The van der Waals surface area contributed by atoms with Gasteiger partial charge in [0.05, 0.1) is 0 Å². The number of nitrogens with zero attached hydrogens (tertiary/aromatic N) is 2. The van der Waals surface area contributed by atoms with Crippen molar-refractivity contribution in [3.05, 3.63) is 166 Å². The highest BCUT2D eigenvalue weighted by Gasteiger charge is 2.38. The molecule has 280 valence electrons. The van der Waals surface area contributed by atoms with Gasteiger partial charge in [-0.3, -0.25) is 0 Å². The molecule has 57 heavy (non-hydrogen) atoms. The molecule has 0 saturated carbocycles. The molecule has 0 bridgehead atoms. The summed E-state index contributed by atoms with van der Waals surface area (Å²) in [5.74, 6) is -1.20. The van der Waals surface area contributed by atoms with E-state index in [1.807, 2.05) is 17.4 Å². The van der Waals surface area contributed by atoms with E-state index in [2.05, 4.69) is 173 Å². The Morgan fingerprint density at radius 2 is 1.12 bits per heavy atom. The number of hydrogen-bond acceptors (Lipinski definition) is 5.